The Balaban J connectivity index is 1.47. The number of aryl methyl sites for hydroxylation is 2. The van der Waals surface area contributed by atoms with Crippen molar-refractivity contribution in [3.8, 4) is 11.1 Å². The Morgan fingerprint density at radius 1 is 0.595 bits per heavy atom. The summed E-state index contributed by atoms with van der Waals surface area (Å²) in [6.07, 6.45) is 2.35. The molecule has 1 nitrogen and oxygen atoms in total. The minimum absolute atomic E-state index is 0.0564. The van der Waals surface area contributed by atoms with Crippen molar-refractivity contribution in [2.75, 3.05) is 4.90 Å². The molecular formula is C35H28BN. The van der Waals surface area contributed by atoms with Crippen LogP contribution in [0.25, 0.3) is 11.1 Å². The molecule has 176 valence electrons. The van der Waals surface area contributed by atoms with E-state index in [0.717, 1.165) is 0 Å². The van der Waals surface area contributed by atoms with E-state index in [2.05, 4.69) is 128 Å². The smallest absolute Gasteiger partial charge is 0.247 e. The third kappa shape index (κ3) is 2.82. The summed E-state index contributed by atoms with van der Waals surface area (Å²) in [5.41, 5.74) is 16.6. The fourth-order valence-corrected chi connectivity index (χ4v) is 7.13. The molecule has 37 heavy (non-hydrogen) atoms. The fourth-order valence-electron chi connectivity index (χ4n) is 7.13. The minimum Gasteiger partial charge on any atom is -0.311 e. The van der Waals surface area contributed by atoms with Crippen molar-refractivity contribution in [2.45, 2.75) is 32.1 Å². The first kappa shape index (κ1) is 21.1. The first-order valence-corrected chi connectivity index (χ1v) is 13.5. The number of nitrogens with zero attached hydrogens (tertiary/aromatic N) is 1. The van der Waals surface area contributed by atoms with Crippen LogP contribution in [0.4, 0.5) is 17.1 Å². The van der Waals surface area contributed by atoms with Gasteiger partial charge in [0.2, 0.25) is 6.71 Å². The van der Waals surface area contributed by atoms with E-state index in [-0.39, 0.29) is 12.1 Å². The Morgan fingerprint density at radius 3 is 2.05 bits per heavy atom. The Hall–Kier alpha value is -4.04. The summed E-state index contributed by atoms with van der Waals surface area (Å²) < 4.78 is 0. The highest BCUT2D eigenvalue weighted by atomic mass is 15.2. The molecule has 0 radical (unpaired) electrons. The van der Waals surface area contributed by atoms with Crippen molar-refractivity contribution in [2.24, 2.45) is 0 Å². The van der Waals surface area contributed by atoms with Gasteiger partial charge in [0.15, 0.2) is 0 Å². The number of fused-ring (bicyclic) bond motifs is 5. The lowest BCUT2D eigenvalue weighted by Gasteiger charge is -2.45. The first-order valence-electron chi connectivity index (χ1n) is 13.5. The van der Waals surface area contributed by atoms with Gasteiger partial charge in [0, 0.05) is 22.4 Å². The van der Waals surface area contributed by atoms with Crippen molar-refractivity contribution in [3.05, 3.63) is 131 Å². The van der Waals surface area contributed by atoms with Gasteiger partial charge in [-0.3, -0.25) is 0 Å². The van der Waals surface area contributed by atoms with Crippen molar-refractivity contribution in [1.82, 2.24) is 0 Å². The number of rotatable bonds is 2. The van der Waals surface area contributed by atoms with E-state index in [1.54, 1.807) is 0 Å². The zero-order valence-electron chi connectivity index (χ0n) is 21.3. The lowest BCUT2D eigenvalue weighted by molar-refractivity contribution is 0.646. The van der Waals surface area contributed by atoms with Gasteiger partial charge in [0.05, 0.1) is 5.69 Å². The lowest BCUT2D eigenvalue weighted by Crippen LogP contribution is -2.64. The number of hydrogen-bond donors (Lipinski definition) is 0. The van der Waals surface area contributed by atoms with Gasteiger partial charge in [-0.05, 0) is 75.8 Å². The largest absolute Gasteiger partial charge is 0.311 e. The van der Waals surface area contributed by atoms with Crippen LogP contribution in [-0.2, 0) is 18.3 Å². The van der Waals surface area contributed by atoms with E-state index in [1.165, 1.54) is 79.7 Å². The molecule has 2 heteroatoms. The van der Waals surface area contributed by atoms with Gasteiger partial charge in [0.1, 0.15) is 0 Å². The zero-order chi connectivity index (χ0) is 24.7. The van der Waals surface area contributed by atoms with Gasteiger partial charge in [-0.1, -0.05) is 104 Å². The summed E-state index contributed by atoms with van der Waals surface area (Å²) in [5.74, 6) is 0. The molecule has 2 heterocycles. The Morgan fingerprint density at radius 2 is 1.24 bits per heavy atom. The summed E-state index contributed by atoms with van der Waals surface area (Å²) in [4.78, 5) is 2.57. The molecule has 8 rings (SSSR count). The van der Waals surface area contributed by atoms with E-state index in [1.807, 2.05) is 0 Å². The predicted octanol–water partition coefficient (Wildman–Crippen LogP) is 6.39. The Bertz CT molecular complexity index is 1720. The molecule has 0 saturated carbocycles. The molecule has 0 bridgehead atoms. The molecular weight excluding hydrogens is 445 g/mol. The van der Waals surface area contributed by atoms with Crippen molar-refractivity contribution < 1.29 is 0 Å². The van der Waals surface area contributed by atoms with Gasteiger partial charge in [-0.15, -0.1) is 0 Å². The number of hydrogen-bond acceptors (Lipinski definition) is 1. The van der Waals surface area contributed by atoms with Gasteiger partial charge >= 0.3 is 0 Å². The van der Waals surface area contributed by atoms with E-state index < -0.39 is 0 Å². The summed E-state index contributed by atoms with van der Waals surface area (Å²) in [5, 5.41) is 0. The van der Waals surface area contributed by atoms with Crippen LogP contribution in [0.3, 0.4) is 0 Å². The topological polar surface area (TPSA) is 3.24 Å². The monoisotopic (exact) mass is 473 g/mol. The average molecular weight is 473 g/mol. The molecule has 3 aliphatic rings. The van der Waals surface area contributed by atoms with Crippen molar-refractivity contribution in [1.29, 1.82) is 0 Å². The average Bonchev–Trinajstić information content (AvgIpc) is 2.92. The van der Waals surface area contributed by atoms with E-state index >= 15 is 0 Å². The molecule has 0 aromatic heterocycles. The molecule has 5 aromatic carbocycles. The van der Waals surface area contributed by atoms with Gasteiger partial charge < -0.3 is 4.90 Å². The van der Waals surface area contributed by atoms with Crippen LogP contribution in [0.2, 0.25) is 0 Å². The third-order valence-electron chi connectivity index (χ3n) is 9.03. The SMILES string of the molecule is CC1(C)c2ccccc2B2c3ccccc3N(c3cc4c(cc3-c3ccccc3)CC4)c3cccc1c32. The molecule has 0 spiro atoms. The van der Waals surface area contributed by atoms with E-state index in [0.29, 0.717) is 0 Å². The van der Waals surface area contributed by atoms with Crippen LogP contribution in [0.5, 0.6) is 0 Å². The molecule has 0 N–H and O–H groups in total. The normalized spacial score (nSPS) is 15.7. The van der Waals surface area contributed by atoms with Gasteiger partial charge in [-0.2, -0.15) is 0 Å². The lowest BCUT2D eigenvalue weighted by atomic mass is 9.30. The molecule has 5 aromatic rings. The third-order valence-corrected chi connectivity index (χ3v) is 9.03. The number of benzene rings is 5. The molecule has 0 saturated heterocycles. The Labute approximate surface area is 219 Å². The Kier molecular flexibility index (Phi) is 4.27. The molecule has 2 aliphatic heterocycles. The van der Waals surface area contributed by atoms with Crippen molar-refractivity contribution in [3.63, 3.8) is 0 Å². The maximum atomic E-state index is 2.57. The van der Waals surface area contributed by atoms with Crippen LogP contribution >= 0.6 is 0 Å². The molecule has 0 unspecified atom stereocenters. The van der Waals surface area contributed by atoms with E-state index in [4.69, 9.17) is 0 Å². The summed E-state index contributed by atoms with van der Waals surface area (Å²) >= 11 is 0. The van der Waals surface area contributed by atoms with Gasteiger partial charge in [0.25, 0.3) is 0 Å². The number of anilines is 3. The summed E-state index contributed by atoms with van der Waals surface area (Å²) in [7, 11) is 0. The van der Waals surface area contributed by atoms with Crippen molar-refractivity contribution >= 4 is 40.2 Å². The van der Waals surface area contributed by atoms with E-state index in [9.17, 15) is 0 Å². The fraction of sp³-hybridized carbons (Fsp3) is 0.143. The van der Waals surface area contributed by atoms with Crippen LogP contribution < -0.4 is 21.3 Å². The standard InChI is InChI=1S/C35H28BN/c1-35(2)27-13-6-7-15-29(27)36-30-16-8-9-17-31(30)37(32-18-10-14-28(35)34(32)36)33-22-25-20-19-24(25)21-26(33)23-11-4-3-5-12-23/h3-18,21-22H,19-20H2,1-2H3. The maximum Gasteiger partial charge on any atom is 0.247 e. The minimum atomic E-state index is -0.0564. The second kappa shape index (κ2) is 7.49. The molecule has 0 atom stereocenters. The highest BCUT2D eigenvalue weighted by molar-refractivity contribution is 6.99. The second-order valence-corrected chi connectivity index (χ2v) is 11.3. The highest BCUT2D eigenvalue weighted by Crippen LogP contribution is 2.46. The van der Waals surface area contributed by atoms with Gasteiger partial charge in [-0.25, -0.2) is 0 Å². The number of para-hydroxylation sites is 1. The maximum absolute atomic E-state index is 2.57. The molecule has 0 fully saturated rings. The molecule has 0 amide bonds. The van der Waals surface area contributed by atoms with Crippen LogP contribution in [0.1, 0.15) is 36.1 Å². The highest BCUT2D eigenvalue weighted by Gasteiger charge is 2.45. The quantitative estimate of drug-likeness (QED) is 0.264. The predicted molar refractivity (Wildman–Crippen MR) is 157 cm³/mol. The first-order chi connectivity index (χ1) is 18.1. The van der Waals surface area contributed by atoms with Crippen LogP contribution in [-0.4, -0.2) is 6.71 Å². The zero-order valence-corrected chi connectivity index (χ0v) is 21.3. The molecule has 1 aliphatic carbocycles. The van der Waals surface area contributed by atoms with Crippen LogP contribution in [0.15, 0.2) is 109 Å². The van der Waals surface area contributed by atoms with Crippen LogP contribution in [0, 0.1) is 0 Å². The summed E-state index contributed by atoms with van der Waals surface area (Å²) in [6, 6.07) is 41.0. The summed E-state index contributed by atoms with van der Waals surface area (Å²) in [6.45, 7) is 5.03. The second-order valence-electron chi connectivity index (χ2n) is 11.3.